The lowest BCUT2D eigenvalue weighted by atomic mass is 10.1. The number of amides is 1. The molecule has 2 heterocycles. The summed E-state index contributed by atoms with van der Waals surface area (Å²) in [5.74, 6) is 0.485. The van der Waals surface area contributed by atoms with Crippen LogP contribution >= 0.6 is 0 Å². The molecule has 0 atom stereocenters. The molecule has 7 nitrogen and oxygen atoms in total. The van der Waals surface area contributed by atoms with Crippen molar-refractivity contribution in [1.29, 1.82) is 0 Å². The molecule has 0 spiro atoms. The zero-order chi connectivity index (χ0) is 17.9. The molecular weight excluding hydrogens is 328 g/mol. The number of H-pyrrole nitrogens is 1. The summed E-state index contributed by atoms with van der Waals surface area (Å²) >= 11 is 0. The standard InChI is InChI=1S/C19H16N6O/c1-13-20-19(23-22-13)21-18(26)16-12-17(14-8-4-2-5-9-14)25(24-16)15-10-6-3-7-11-15/h2-12H,1H3,(H2,20,21,22,23,26). The molecule has 2 aromatic heterocycles. The number of benzene rings is 2. The Morgan fingerprint density at radius 2 is 1.73 bits per heavy atom. The fourth-order valence-corrected chi connectivity index (χ4v) is 2.64. The summed E-state index contributed by atoms with van der Waals surface area (Å²) in [5.41, 5.74) is 2.96. The van der Waals surface area contributed by atoms with E-state index in [4.69, 9.17) is 0 Å². The number of nitrogens with one attached hydrogen (secondary N) is 2. The van der Waals surface area contributed by atoms with Crippen LogP contribution in [0.5, 0.6) is 0 Å². The molecule has 0 aliphatic rings. The van der Waals surface area contributed by atoms with Crippen LogP contribution in [0.2, 0.25) is 0 Å². The van der Waals surface area contributed by atoms with Crippen LogP contribution in [-0.2, 0) is 0 Å². The molecule has 0 aliphatic heterocycles. The van der Waals surface area contributed by atoms with Crippen molar-refractivity contribution in [2.75, 3.05) is 5.32 Å². The van der Waals surface area contributed by atoms with Crippen LogP contribution in [0.1, 0.15) is 16.3 Å². The van der Waals surface area contributed by atoms with E-state index in [1.165, 1.54) is 0 Å². The smallest absolute Gasteiger partial charge is 0.278 e. The molecule has 0 bridgehead atoms. The minimum absolute atomic E-state index is 0.225. The Kier molecular flexibility index (Phi) is 4.03. The fourth-order valence-electron chi connectivity index (χ4n) is 2.64. The number of carbonyl (C=O) groups is 1. The normalized spacial score (nSPS) is 10.7. The van der Waals surface area contributed by atoms with E-state index in [1.807, 2.05) is 60.7 Å². The van der Waals surface area contributed by atoms with E-state index in [9.17, 15) is 4.79 Å². The first kappa shape index (κ1) is 15.8. The lowest BCUT2D eigenvalue weighted by Crippen LogP contribution is -2.14. The minimum atomic E-state index is -0.365. The van der Waals surface area contributed by atoms with Crippen molar-refractivity contribution in [1.82, 2.24) is 25.0 Å². The van der Waals surface area contributed by atoms with Gasteiger partial charge in [0.25, 0.3) is 5.91 Å². The quantitative estimate of drug-likeness (QED) is 0.595. The van der Waals surface area contributed by atoms with E-state index in [-0.39, 0.29) is 17.5 Å². The Labute approximate surface area is 149 Å². The molecule has 2 aromatic carbocycles. The van der Waals surface area contributed by atoms with Gasteiger partial charge in [0, 0.05) is 5.56 Å². The van der Waals surface area contributed by atoms with Crippen molar-refractivity contribution >= 4 is 11.9 Å². The van der Waals surface area contributed by atoms with Gasteiger partial charge in [0.05, 0.1) is 11.4 Å². The number of anilines is 1. The van der Waals surface area contributed by atoms with E-state index >= 15 is 0 Å². The van der Waals surface area contributed by atoms with Crippen molar-refractivity contribution in [3.05, 3.63) is 78.2 Å². The molecule has 1 amide bonds. The monoisotopic (exact) mass is 344 g/mol. The molecule has 0 saturated carbocycles. The minimum Gasteiger partial charge on any atom is -0.288 e. The molecule has 2 N–H and O–H groups in total. The molecule has 0 radical (unpaired) electrons. The zero-order valence-corrected chi connectivity index (χ0v) is 14.0. The van der Waals surface area contributed by atoms with E-state index in [0.717, 1.165) is 16.9 Å². The van der Waals surface area contributed by atoms with E-state index in [0.29, 0.717) is 5.82 Å². The second-order valence-electron chi connectivity index (χ2n) is 5.73. The van der Waals surface area contributed by atoms with Gasteiger partial charge in [-0.1, -0.05) is 48.5 Å². The molecule has 26 heavy (non-hydrogen) atoms. The van der Waals surface area contributed by atoms with Crippen LogP contribution in [0.3, 0.4) is 0 Å². The van der Waals surface area contributed by atoms with Crippen LogP contribution in [-0.4, -0.2) is 30.9 Å². The van der Waals surface area contributed by atoms with Gasteiger partial charge in [-0.2, -0.15) is 10.1 Å². The highest BCUT2D eigenvalue weighted by molar-refractivity contribution is 6.02. The average Bonchev–Trinajstić information content (AvgIpc) is 3.30. The van der Waals surface area contributed by atoms with Gasteiger partial charge in [-0.15, -0.1) is 5.10 Å². The number of aromatic amines is 1. The summed E-state index contributed by atoms with van der Waals surface area (Å²) in [7, 11) is 0. The molecule has 4 rings (SSSR count). The number of rotatable bonds is 4. The molecule has 7 heteroatoms. The Morgan fingerprint density at radius 1 is 1.04 bits per heavy atom. The summed E-state index contributed by atoms with van der Waals surface area (Å²) in [6, 6.07) is 21.3. The third-order valence-electron chi connectivity index (χ3n) is 3.83. The predicted molar refractivity (Wildman–Crippen MR) is 98.1 cm³/mol. The maximum absolute atomic E-state index is 12.6. The van der Waals surface area contributed by atoms with Crippen molar-refractivity contribution in [3.63, 3.8) is 0 Å². The molecule has 0 saturated heterocycles. The topological polar surface area (TPSA) is 88.5 Å². The van der Waals surface area contributed by atoms with Crippen LogP contribution in [0.4, 0.5) is 5.95 Å². The number of para-hydroxylation sites is 1. The van der Waals surface area contributed by atoms with E-state index in [1.54, 1.807) is 17.7 Å². The second kappa shape index (κ2) is 6.64. The molecule has 0 fully saturated rings. The zero-order valence-electron chi connectivity index (χ0n) is 14.0. The summed E-state index contributed by atoms with van der Waals surface area (Å²) < 4.78 is 1.76. The van der Waals surface area contributed by atoms with Gasteiger partial charge in [0.15, 0.2) is 5.69 Å². The van der Waals surface area contributed by atoms with Crippen molar-refractivity contribution in [2.45, 2.75) is 6.92 Å². The first-order valence-corrected chi connectivity index (χ1v) is 8.12. The van der Waals surface area contributed by atoms with Gasteiger partial charge >= 0.3 is 0 Å². The summed E-state index contributed by atoms with van der Waals surface area (Å²) in [6.07, 6.45) is 0. The first-order chi connectivity index (χ1) is 12.7. The molecular formula is C19H16N6O. The predicted octanol–water partition coefficient (Wildman–Crippen LogP) is 3.22. The number of nitrogens with zero attached hydrogens (tertiary/aromatic N) is 4. The summed E-state index contributed by atoms with van der Waals surface area (Å²) in [4.78, 5) is 16.7. The Morgan fingerprint density at radius 3 is 2.38 bits per heavy atom. The highest BCUT2D eigenvalue weighted by Gasteiger charge is 2.17. The number of aromatic nitrogens is 5. The Bertz CT molecular complexity index is 979. The Balaban J connectivity index is 1.75. The van der Waals surface area contributed by atoms with Crippen LogP contribution < -0.4 is 5.32 Å². The number of hydrogen-bond acceptors (Lipinski definition) is 4. The third-order valence-corrected chi connectivity index (χ3v) is 3.83. The van der Waals surface area contributed by atoms with Gasteiger partial charge in [0.2, 0.25) is 5.95 Å². The summed E-state index contributed by atoms with van der Waals surface area (Å²) in [6.45, 7) is 1.76. The van der Waals surface area contributed by atoms with Crippen molar-refractivity contribution < 1.29 is 4.79 Å². The number of hydrogen-bond donors (Lipinski definition) is 2. The third kappa shape index (κ3) is 3.10. The number of aryl methyl sites for hydroxylation is 1. The van der Waals surface area contributed by atoms with Gasteiger partial charge in [-0.3, -0.25) is 15.2 Å². The molecule has 0 unspecified atom stereocenters. The molecule has 128 valence electrons. The van der Waals surface area contributed by atoms with Crippen LogP contribution in [0.15, 0.2) is 66.7 Å². The van der Waals surface area contributed by atoms with Gasteiger partial charge in [-0.05, 0) is 25.1 Å². The fraction of sp³-hybridized carbons (Fsp3) is 0.0526. The van der Waals surface area contributed by atoms with Gasteiger partial charge in [-0.25, -0.2) is 4.68 Å². The molecule has 0 aliphatic carbocycles. The van der Waals surface area contributed by atoms with Gasteiger partial charge in [0.1, 0.15) is 5.82 Å². The maximum Gasteiger partial charge on any atom is 0.278 e. The highest BCUT2D eigenvalue weighted by Crippen LogP contribution is 2.24. The van der Waals surface area contributed by atoms with Crippen molar-refractivity contribution in [2.24, 2.45) is 0 Å². The Hall–Kier alpha value is -3.74. The lowest BCUT2D eigenvalue weighted by molar-refractivity contribution is 0.102. The maximum atomic E-state index is 12.6. The lowest BCUT2D eigenvalue weighted by Gasteiger charge is -2.07. The largest absolute Gasteiger partial charge is 0.288 e. The van der Waals surface area contributed by atoms with E-state index < -0.39 is 0 Å². The summed E-state index contributed by atoms with van der Waals surface area (Å²) in [5, 5.41) is 13.8. The van der Waals surface area contributed by atoms with Crippen molar-refractivity contribution in [3.8, 4) is 16.9 Å². The first-order valence-electron chi connectivity index (χ1n) is 8.12. The number of carbonyl (C=O) groups excluding carboxylic acids is 1. The van der Waals surface area contributed by atoms with Gasteiger partial charge < -0.3 is 0 Å². The van der Waals surface area contributed by atoms with Crippen LogP contribution in [0, 0.1) is 6.92 Å². The van der Waals surface area contributed by atoms with Crippen LogP contribution in [0.25, 0.3) is 16.9 Å². The average molecular weight is 344 g/mol. The highest BCUT2D eigenvalue weighted by atomic mass is 16.2. The molecule has 4 aromatic rings. The van der Waals surface area contributed by atoms with E-state index in [2.05, 4.69) is 25.6 Å². The second-order valence-corrected chi connectivity index (χ2v) is 5.73. The SMILES string of the molecule is Cc1nc(NC(=O)c2cc(-c3ccccc3)n(-c3ccccc3)n2)n[nH]1.